The molecule has 158 valence electrons. The van der Waals surface area contributed by atoms with Crippen LogP contribution in [0.5, 0.6) is 5.75 Å². The number of benzene rings is 2. The number of hydrogen-bond acceptors (Lipinski definition) is 3. The van der Waals surface area contributed by atoms with Gasteiger partial charge in [0.05, 0.1) is 0 Å². The highest BCUT2D eigenvalue weighted by Gasteiger charge is 2.38. The van der Waals surface area contributed by atoms with E-state index in [1.54, 1.807) is 28.8 Å². The molecule has 5 rings (SSSR count). The molecular weight excluding hydrogens is 395 g/mol. The molecule has 2 aliphatic heterocycles. The summed E-state index contributed by atoms with van der Waals surface area (Å²) in [4.78, 5) is 27.3. The van der Waals surface area contributed by atoms with Crippen LogP contribution in [-0.4, -0.2) is 35.1 Å². The van der Waals surface area contributed by atoms with Crippen LogP contribution in [0.3, 0.4) is 0 Å². The van der Waals surface area contributed by atoms with Crippen LogP contribution in [0.2, 0.25) is 0 Å². The zero-order chi connectivity index (χ0) is 21.4. The topological polar surface area (TPSA) is 51.5 Å². The van der Waals surface area contributed by atoms with Crippen LogP contribution >= 0.6 is 0 Å². The van der Waals surface area contributed by atoms with Crippen molar-refractivity contribution in [2.45, 2.75) is 18.9 Å². The quantitative estimate of drug-likeness (QED) is 0.650. The lowest BCUT2D eigenvalue weighted by atomic mass is 9.80. The monoisotopic (exact) mass is 418 g/mol. The van der Waals surface area contributed by atoms with Crippen LogP contribution < -0.4 is 10.3 Å². The Morgan fingerprint density at radius 2 is 1.71 bits per heavy atom. The van der Waals surface area contributed by atoms with Gasteiger partial charge in [0, 0.05) is 48.4 Å². The second-order valence-electron chi connectivity index (χ2n) is 8.26. The van der Waals surface area contributed by atoms with E-state index in [1.165, 1.54) is 12.1 Å². The number of pyridine rings is 1. The molecule has 2 aliphatic rings. The number of carbonyl (C=O) groups is 1. The molecule has 2 aromatic carbocycles. The summed E-state index contributed by atoms with van der Waals surface area (Å²) in [5.41, 5.74) is 1.98. The van der Waals surface area contributed by atoms with Crippen molar-refractivity contribution in [2.75, 3.05) is 19.7 Å². The number of ether oxygens (including phenoxy) is 1. The molecule has 31 heavy (non-hydrogen) atoms. The average Bonchev–Trinajstić information content (AvgIpc) is 2.79. The van der Waals surface area contributed by atoms with Crippen LogP contribution in [0.4, 0.5) is 4.39 Å². The minimum atomic E-state index is -0.314. The van der Waals surface area contributed by atoms with Gasteiger partial charge in [0.25, 0.3) is 11.5 Å². The van der Waals surface area contributed by atoms with Gasteiger partial charge in [0.15, 0.2) is 6.61 Å². The molecule has 3 aromatic rings. The largest absolute Gasteiger partial charge is 0.484 e. The summed E-state index contributed by atoms with van der Waals surface area (Å²) < 4.78 is 22.0. The summed E-state index contributed by atoms with van der Waals surface area (Å²) >= 11 is 0. The number of para-hydroxylation sites is 1. The smallest absolute Gasteiger partial charge is 0.260 e. The molecule has 0 aliphatic carbocycles. The summed E-state index contributed by atoms with van der Waals surface area (Å²) in [6.07, 6.45) is 0.883. The molecule has 2 bridgehead atoms. The number of nitrogens with zero attached hydrogens (tertiary/aromatic N) is 2. The van der Waals surface area contributed by atoms with E-state index in [1.807, 2.05) is 35.2 Å². The van der Waals surface area contributed by atoms with Crippen molar-refractivity contribution in [1.82, 2.24) is 9.47 Å². The van der Waals surface area contributed by atoms with Gasteiger partial charge >= 0.3 is 0 Å². The number of halogens is 1. The minimum absolute atomic E-state index is 0.0170. The number of aromatic nitrogens is 1. The van der Waals surface area contributed by atoms with E-state index in [0.717, 1.165) is 17.7 Å². The normalized spacial score (nSPS) is 19.6. The molecule has 0 radical (unpaired) electrons. The first-order valence-corrected chi connectivity index (χ1v) is 10.5. The Morgan fingerprint density at radius 3 is 2.52 bits per heavy atom. The van der Waals surface area contributed by atoms with Gasteiger partial charge in [-0.1, -0.05) is 36.4 Å². The van der Waals surface area contributed by atoms with Gasteiger partial charge in [-0.05, 0) is 36.6 Å². The van der Waals surface area contributed by atoms with Gasteiger partial charge in [-0.15, -0.1) is 0 Å². The fourth-order valence-corrected chi connectivity index (χ4v) is 4.88. The third-order valence-electron chi connectivity index (χ3n) is 6.21. The highest BCUT2D eigenvalue weighted by atomic mass is 19.1. The molecule has 0 N–H and O–H groups in total. The van der Waals surface area contributed by atoms with Crippen molar-refractivity contribution < 1.29 is 13.9 Å². The number of likely N-dealkylation sites (tertiary alicyclic amines) is 1. The van der Waals surface area contributed by atoms with E-state index in [9.17, 15) is 14.0 Å². The van der Waals surface area contributed by atoms with Gasteiger partial charge in [0.1, 0.15) is 11.6 Å². The Labute approximate surface area is 179 Å². The first-order valence-electron chi connectivity index (χ1n) is 10.5. The number of rotatable bonds is 4. The molecule has 2 atom stereocenters. The van der Waals surface area contributed by atoms with Gasteiger partial charge in [0.2, 0.25) is 0 Å². The maximum Gasteiger partial charge on any atom is 0.260 e. The molecule has 1 fully saturated rings. The Balaban J connectivity index is 1.43. The van der Waals surface area contributed by atoms with E-state index in [0.29, 0.717) is 30.9 Å². The van der Waals surface area contributed by atoms with Crippen LogP contribution in [0.25, 0.3) is 11.1 Å². The van der Waals surface area contributed by atoms with Crippen LogP contribution in [0.15, 0.2) is 71.5 Å². The first-order chi connectivity index (χ1) is 15.1. The fraction of sp³-hybridized carbons (Fsp3) is 0.280. The summed E-state index contributed by atoms with van der Waals surface area (Å²) in [7, 11) is 0. The number of amides is 1. The zero-order valence-electron chi connectivity index (χ0n) is 17.0. The molecule has 1 amide bonds. The second kappa shape index (κ2) is 8.02. The van der Waals surface area contributed by atoms with E-state index in [-0.39, 0.29) is 35.7 Å². The van der Waals surface area contributed by atoms with Gasteiger partial charge in [-0.25, -0.2) is 4.39 Å². The number of fused-ring (bicyclic) bond motifs is 4. The predicted octanol–water partition coefficient (Wildman–Crippen LogP) is 3.68. The maximum atomic E-state index is 14.6. The molecule has 0 unspecified atom stereocenters. The minimum Gasteiger partial charge on any atom is -0.484 e. The highest BCUT2D eigenvalue weighted by Crippen LogP contribution is 2.40. The Bertz CT molecular complexity index is 1170. The number of carbonyl (C=O) groups excluding carboxylic acids is 1. The third-order valence-corrected chi connectivity index (χ3v) is 6.21. The Morgan fingerprint density at radius 1 is 0.935 bits per heavy atom. The van der Waals surface area contributed by atoms with E-state index in [2.05, 4.69) is 0 Å². The lowest BCUT2D eigenvalue weighted by Gasteiger charge is -2.43. The maximum absolute atomic E-state index is 14.6. The average molecular weight is 418 g/mol. The van der Waals surface area contributed by atoms with Crippen LogP contribution in [0, 0.1) is 11.7 Å². The molecule has 5 nitrogen and oxygen atoms in total. The van der Waals surface area contributed by atoms with Gasteiger partial charge < -0.3 is 14.2 Å². The first kappa shape index (κ1) is 19.5. The molecule has 3 heterocycles. The zero-order valence-corrected chi connectivity index (χ0v) is 17.0. The SMILES string of the molecule is O=C(COc1ccccc1)N1C[C@@H]2C[C@H](C1)c1c(-c3ccccc3F)ccc(=O)n1C2. The van der Waals surface area contributed by atoms with E-state index in [4.69, 9.17) is 4.74 Å². The summed E-state index contributed by atoms with van der Waals surface area (Å²) in [5.74, 6) is 0.452. The third kappa shape index (κ3) is 3.74. The lowest BCUT2D eigenvalue weighted by Crippen LogP contribution is -2.50. The summed E-state index contributed by atoms with van der Waals surface area (Å²) in [6, 6.07) is 19.1. The van der Waals surface area contributed by atoms with Crippen molar-refractivity contribution in [3.05, 3.63) is 88.6 Å². The molecule has 1 saturated heterocycles. The molecule has 1 aromatic heterocycles. The molecular formula is C25H23FN2O3. The van der Waals surface area contributed by atoms with Crippen molar-refractivity contribution in [2.24, 2.45) is 5.92 Å². The van der Waals surface area contributed by atoms with Crippen molar-refractivity contribution in [1.29, 1.82) is 0 Å². The summed E-state index contributed by atoms with van der Waals surface area (Å²) in [6.45, 7) is 1.61. The second-order valence-corrected chi connectivity index (χ2v) is 8.26. The number of hydrogen-bond donors (Lipinski definition) is 0. The van der Waals surface area contributed by atoms with E-state index >= 15 is 0 Å². The number of piperidine rings is 1. The van der Waals surface area contributed by atoms with Crippen molar-refractivity contribution in [3.8, 4) is 16.9 Å². The van der Waals surface area contributed by atoms with Gasteiger partial charge in [-0.2, -0.15) is 0 Å². The highest BCUT2D eigenvalue weighted by molar-refractivity contribution is 5.78. The van der Waals surface area contributed by atoms with E-state index < -0.39 is 0 Å². The molecule has 6 heteroatoms. The fourth-order valence-electron chi connectivity index (χ4n) is 4.88. The lowest BCUT2D eigenvalue weighted by molar-refractivity contribution is -0.136. The van der Waals surface area contributed by atoms with Crippen molar-refractivity contribution >= 4 is 5.91 Å². The molecule has 0 saturated carbocycles. The molecule has 0 spiro atoms. The van der Waals surface area contributed by atoms with Crippen molar-refractivity contribution in [3.63, 3.8) is 0 Å². The van der Waals surface area contributed by atoms with Crippen LogP contribution in [0.1, 0.15) is 18.0 Å². The Kier molecular flexibility index (Phi) is 5.06. The predicted molar refractivity (Wildman–Crippen MR) is 115 cm³/mol. The van der Waals surface area contributed by atoms with Crippen LogP contribution in [-0.2, 0) is 11.3 Å². The summed E-state index contributed by atoms with van der Waals surface area (Å²) in [5, 5.41) is 0. The Hall–Kier alpha value is -3.41. The van der Waals surface area contributed by atoms with Gasteiger partial charge in [-0.3, -0.25) is 9.59 Å². The standard InChI is InChI=1S/C25H23FN2O3/c26-22-9-5-4-8-20(22)21-10-11-23(29)28-14-17-12-18(25(21)28)15-27(13-17)24(30)16-31-19-6-2-1-3-7-19/h1-11,17-18H,12-16H2/t17-,18+/m0/s1.